The third kappa shape index (κ3) is 3.03. The maximum Gasteiger partial charge on any atom is 0.221 e. The van der Waals surface area contributed by atoms with Crippen LogP contribution in [0.3, 0.4) is 0 Å². The van der Waals surface area contributed by atoms with Crippen LogP contribution >= 0.6 is 0 Å². The summed E-state index contributed by atoms with van der Waals surface area (Å²) in [5.74, 6) is 0.139. The third-order valence-electron chi connectivity index (χ3n) is 4.64. The van der Waals surface area contributed by atoms with Crippen molar-refractivity contribution in [3.8, 4) is 0 Å². The molecule has 1 fully saturated rings. The monoisotopic (exact) mass is 294 g/mol. The number of aryl methyl sites for hydroxylation is 2. The summed E-state index contributed by atoms with van der Waals surface area (Å²) in [7, 11) is 0. The van der Waals surface area contributed by atoms with E-state index in [1.807, 2.05) is 12.1 Å². The van der Waals surface area contributed by atoms with Crippen LogP contribution in [0.2, 0.25) is 0 Å². The molecule has 0 saturated heterocycles. The van der Waals surface area contributed by atoms with Gasteiger partial charge in [0.1, 0.15) is 0 Å². The maximum absolute atomic E-state index is 12.4. The second-order valence-electron chi connectivity index (χ2n) is 6.15. The van der Waals surface area contributed by atoms with E-state index in [2.05, 4.69) is 41.5 Å². The molecule has 0 aliphatic heterocycles. The molecule has 3 rings (SSSR count). The quantitative estimate of drug-likeness (QED) is 0.916. The van der Waals surface area contributed by atoms with Crippen molar-refractivity contribution in [3.05, 3.63) is 65.5 Å². The van der Waals surface area contributed by atoms with E-state index in [0.717, 1.165) is 24.8 Å². The highest BCUT2D eigenvalue weighted by Gasteiger charge is 2.40. The Bertz CT molecular complexity index is 647. The lowest BCUT2D eigenvalue weighted by atomic mass is 9.70. The molecule has 114 valence electrons. The molecule has 1 heterocycles. The van der Waals surface area contributed by atoms with Crippen molar-refractivity contribution in [1.82, 2.24) is 10.3 Å². The maximum atomic E-state index is 12.4. The van der Waals surface area contributed by atoms with Gasteiger partial charge in [-0.2, -0.15) is 0 Å². The summed E-state index contributed by atoms with van der Waals surface area (Å²) >= 11 is 0. The standard InChI is InChI=1S/C19H22N2O/c1-15-5-2-3-6-17(15)19(11-4-12-19)21-18(22)8-7-16-9-13-20-14-10-16/h2-3,5-6,9-10,13-14H,4,7-8,11-12H2,1H3,(H,21,22). The fraction of sp³-hybridized carbons (Fsp3) is 0.368. The van der Waals surface area contributed by atoms with Crippen molar-refractivity contribution < 1.29 is 4.79 Å². The van der Waals surface area contributed by atoms with Crippen LogP contribution in [0, 0.1) is 6.92 Å². The molecule has 1 aromatic heterocycles. The molecule has 3 nitrogen and oxygen atoms in total. The fourth-order valence-electron chi connectivity index (χ4n) is 3.24. The molecule has 2 aromatic rings. The molecular weight excluding hydrogens is 272 g/mol. The summed E-state index contributed by atoms with van der Waals surface area (Å²) in [4.78, 5) is 16.4. The summed E-state index contributed by atoms with van der Waals surface area (Å²) in [5, 5.41) is 3.30. The number of amides is 1. The van der Waals surface area contributed by atoms with Crippen molar-refractivity contribution >= 4 is 5.91 Å². The van der Waals surface area contributed by atoms with Crippen LogP contribution in [0.1, 0.15) is 42.4 Å². The summed E-state index contributed by atoms with van der Waals surface area (Å²) in [6.07, 6.45) is 8.09. The molecule has 1 saturated carbocycles. The van der Waals surface area contributed by atoms with Gasteiger partial charge < -0.3 is 5.32 Å². The topological polar surface area (TPSA) is 42.0 Å². The lowest BCUT2D eigenvalue weighted by Gasteiger charge is -2.44. The summed E-state index contributed by atoms with van der Waals surface area (Å²) in [5.41, 5.74) is 3.56. The highest BCUT2D eigenvalue weighted by molar-refractivity contribution is 5.77. The Morgan fingerprint density at radius 3 is 2.55 bits per heavy atom. The SMILES string of the molecule is Cc1ccccc1C1(NC(=O)CCc2ccncc2)CCC1. The molecule has 1 aliphatic carbocycles. The van der Waals surface area contributed by atoms with Crippen LogP contribution in [0.15, 0.2) is 48.8 Å². The Morgan fingerprint density at radius 2 is 1.91 bits per heavy atom. The van der Waals surface area contributed by atoms with E-state index in [1.54, 1.807) is 12.4 Å². The van der Waals surface area contributed by atoms with E-state index in [-0.39, 0.29) is 11.4 Å². The number of nitrogens with one attached hydrogen (secondary N) is 1. The second kappa shape index (κ2) is 6.30. The first-order valence-electron chi connectivity index (χ1n) is 7.96. The first-order chi connectivity index (χ1) is 10.7. The van der Waals surface area contributed by atoms with Crippen LogP contribution in [-0.4, -0.2) is 10.9 Å². The van der Waals surface area contributed by atoms with Gasteiger partial charge in [0.2, 0.25) is 5.91 Å². The van der Waals surface area contributed by atoms with E-state index < -0.39 is 0 Å². The van der Waals surface area contributed by atoms with Gasteiger partial charge in [0, 0.05) is 18.8 Å². The number of aromatic nitrogens is 1. The lowest BCUT2D eigenvalue weighted by molar-refractivity contribution is -0.124. The molecule has 1 amide bonds. The molecule has 0 radical (unpaired) electrons. The lowest BCUT2D eigenvalue weighted by Crippen LogP contribution is -2.51. The number of carbonyl (C=O) groups excluding carboxylic acids is 1. The Morgan fingerprint density at radius 1 is 1.18 bits per heavy atom. The van der Waals surface area contributed by atoms with Crippen molar-refractivity contribution in [2.45, 2.75) is 44.6 Å². The smallest absolute Gasteiger partial charge is 0.221 e. The van der Waals surface area contributed by atoms with Crippen LogP contribution in [0.25, 0.3) is 0 Å². The van der Waals surface area contributed by atoms with Crippen LogP contribution in [-0.2, 0) is 16.8 Å². The van der Waals surface area contributed by atoms with E-state index in [4.69, 9.17) is 0 Å². The first kappa shape index (κ1) is 14.8. The molecule has 0 spiro atoms. The first-order valence-corrected chi connectivity index (χ1v) is 7.96. The van der Waals surface area contributed by atoms with Gasteiger partial charge in [-0.3, -0.25) is 9.78 Å². The van der Waals surface area contributed by atoms with Gasteiger partial charge in [-0.05, 0) is 61.4 Å². The van der Waals surface area contributed by atoms with Gasteiger partial charge in [0.05, 0.1) is 5.54 Å². The number of carbonyl (C=O) groups is 1. The van der Waals surface area contributed by atoms with Gasteiger partial charge in [-0.25, -0.2) is 0 Å². The minimum absolute atomic E-state index is 0.138. The predicted octanol–water partition coefficient (Wildman–Crippen LogP) is 3.52. The average Bonchev–Trinajstić information content (AvgIpc) is 2.51. The zero-order valence-corrected chi connectivity index (χ0v) is 13.0. The molecule has 3 heteroatoms. The van der Waals surface area contributed by atoms with Gasteiger partial charge in [0.15, 0.2) is 0 Å². The van der Waals surface area contributed by atoms with Crippen LogP contribution < -0.4 is 5.32 Å². The molecule has 0 atom stereocenters. The molecule has 22 heavy (non-hydrogen) atoms. The number of hydrogen-bond acceptors (Lipinski definition) is 2. The second-order valence-corrected chi connectivity index (χ2v) is 6.15. The predicted molar refractivity (Wildman–Crippen MR) is 87.4 cm³/mol. The van der Waals surface area contributed by atoms with Crippen molar-refractivity contribution in [2.24, 2.45) is 0 Å². The zero-order valence-electron chi connectivity index (χ0n) is 13.0. The van der Waals surface area contributed by atoms with Gasteiger partial charge >= 0.3 is 0 Å². The summed E-state index contributed by atoms with van der Waals surface area (Å²) in [6.45, 7) is 2.12. The number of rotatable bonds is 5. The van der Waals surface area contributed by atoms with Crippen LogP contribution in [0.4, 0.5) is 0 Å². The summed E-state index contributed by atoms with van der Waals surface area (Å²) < 4.78 is 0. The number of hydrogen-bond donors (Lipinski definition) is 1. The largest absolute Gasteiger partial charge is 0.347 e. The van der Waals surface area contributed by atoms with E-state index in [1.165, 1.54) is 17.5 Å². The minimum Gasteiger partial charge on any atom is -0.347 e. The number of nitrogens with zero attached hydrogens (tertiary/aromatic N) is 1. The Kier molecular flexibility index (Phi) is 4.23. The van der Waals surface area contributed by atoms with Crippen molar-refractivity contribution in [3.63, 3.8) is 0 Å². The minimum atomic E-state index is -0.138. The van der Waals surface area contributed by atoms with Crippen molar-refractivity contribution in [2.75, 3.05) is 0 Å². The Balaban J connectivity index is 1.65. The molecule has 0 bridgehead atoms. The molecular formula is C19H22N2O. The van der Waals surface area contributed by atoms with E-state index >= 15 is 0 Å². The number of pyridine rings is 1. The van der Waals surface area contributed by atoms with Gasteiger partial charge in [-0.1, -0.05) is 24.3 Å². The highest BCUT2D eigenvalue weighted by atomic mass is 16.1. The molecule has 1 N–H and O–H groups in total. The number of benzene rings is 1. The molecule has 1 aromatic carbocycles. The van der Waals surface area contributed by atoms with Gasteiger partial charge in [0.25, 0.3) is 0 Å². The van der Waals surface area contributed by atoms with E-state index in [9.17, 15) is 4.79 Å². The average molecular weight is 294 g/mol. The van der Waals surface area contributed by atoms with E-state index in [0.29, 0.717) is 6.42 Å². The third-order valence-corrected chi connectivity index (χ3v) is 4.64. The normalized spacial score (nSPS) is 15.9. The molecule has 1 aliphatic rings. The zero-order chi connectivity index (χ0) is 15.4. The van der Waals surface area contributed by atoms with Gasteiger partial charge in [-0.15, -0.1) is 0 Å². The molecule has 0 unspecified atom stereocenters. The Labute approximate surface area is 131 Å². The summed E-state index contributed by atoms with van der Waals surface area (Å²) in [6, 6.07) is 12.3. The Hall–Kier alpha value is -2.16. The van der Waals surface area contributed by atoms with Crippen molar-refractivity contribution in [1.29, 1.82) is 0 Å². The van der Waals surface area contributed by atoms with Crippen LogP contribution in [0.5, 0.6) is 0 Å². The fourth-order valence-corrected chi connectivity index (χ4v) is 3.24. The highest BCUT2D eigenvalue weighted by Crippen LogP contribution is 2.42.